The molecule has 3 fully saturated rings. The van der Waals surface area contributed by atoms with Crippen LogP contribution in [-0.2, 0) is 9.59 Å². The van der Waals surface area contributed by atoms with Crippen LogP contribution in [0.2, 0.25) is 0 Å². The summed E-state index contributed by atoms with van der Waals surface area (Å²) in [5, 5.41) is 12.4. The molecule has 11 heteroatoms. The predicted molar refractivity (Wildman–Crippen MR) is 142 cm³/mol. The SMILES string of the molecule is CC(C(=O)NC1CC1C(F)F)c1ccc(NC(=O)C(NC(=O)c2ccnn2C(C)C)C(C2CC2)C2CC2)c(F)c1. The van der Waals surface area contributed by atoms with E-state index in [0.29, 0.717) is 23.1 Å². The second-order valence-electron chi connectivity index (χ2n) is 11.8. The van der Waals surface area contributed by atoms with Gasteiger partial charge in [0.2, 0.25) is 18.2 Å². The molecule has 0 aliphatic heterocycles. The lowest BCUT2D eigenvalue weighted by molar-refractivity contribution is -0.122. The first-order valence-electron chi connectivity index (χ1n) is 14.1. The Morgan fingerprint density at radius 1 is 1.00 bits per heavy atom. The fourth-order valence-corrected chi connectivity index (χ4v) is 5.58. The Morgan fingerprint density at radius 3 is 2.23 bits per heavy atom. The number of benzene rings is 1. The summed E-state index contributed by atoms with van der Waals surface area (Å²) in [6.45, 7) is 5.40. The average molecular weight is 560 g/mol. The van der Waals surface area contributed by atoms with Crippen LogP contribution in [0.3, 0.4) is 0 Å². The maximum atomic E-state index is 15.2. The molecule has 0 radical (unpaired) electrons. The van der Waals surface area contributed by atoms with Crippen LogP contribution in [0.4, 0.5) is 18.9 Å². The van der Waals surface area contributed by atoms with Gasteiger partial charge in [0.05, 0.1) is 11.6 Å². The fourth-order valence-electron chi connectivity index (χ4n) is 5.58. The number of carbonyl (C=O) groups excluding carboxylic acids is 3. The van der Waals surface area contributed by atoms with Crippen molar-refractivity contribution in [3.05, 3.63) is 47.5 Å². The summed E-state index contributed by atoms with van der Waals surface area (Å²) >= 11 is 0. The minimum absolute atomic E-state index is 0.0371. The number of anilines is 1. The van der Waals surface area contributed by atoms with E-state index in [-0.39, 0.29) is 24.1 Å². The Balaban J connectivity index is 1.29. The average Bonchev–Trinajstić information content (AvgIpc) is 3.80. The van der Waals surface area contributed by atoms with Crippen molar-refractivity contribution in [2.24, 2.45) is 23.7 Å². The first kappa shape index (κ1) is 28.2. The topological polar surface area (TPSA) is 105 Å². The molecule has 3 amide bonds. The highest BCUT2D eigenvalue weighted by Gasteiger charge is 2.49. The summed E-state index contributed by atoms with van der Waals surface area (Å²) in [6, 6.07) is 4.27. The maximum Gasteiger partial charge on any atom is 0.270 e. The molecule has 4 unspecified atom stereocenters. The van der Waals surface area contributed by atoms with Gasteiger partial charge >= 0.3 is 0 Å². The molecule has 3 N–H and O–H groups in total. The lowest BCUT2D eigenvalue weighted by atomic mass is 9.88. The van der Waals surface area contributed by atoms with Gasteiger partial charge in [-0.05, 0) is 94.4 Å². The minimum atomic E-state index is -2.48. The van der Waals surface area contributed by atoms with Crippen molar-refractivity contribution in [1.29, 1.82) is 0 Å². The molecule has 3 aliphatic carbocycles. The number of hydrogen-bond donors (Lipinski definition) is 3. The van der Waals surface area contributed by atoms with Gasteiger partial charge in [0.15, 0.2) is 0 Å². The van der Waals surface area contributed by atoms with E-state index in [2.05, 4.69) is 21.0 Å². The molecular formula is C29H36F3N5O3. The lowest BCUT2D eigenvalue weighted by Crippen LogP contribution is -2.50. The zero-order valence-corrected chi connectivity index (χ0v) is 22.9. The van der Waals surface area contributed by atoms with Crippen LogP contribution in [0.15, 0.2) is 30.5 Å². The summed E-state index contributed by atoms with van der Waals surface area (Å²) < 4.78 is 42.3. The molecule has 1 aromatic carbocycles. The molecule has 0 saturated heterocycles. The highest BCUT2D eigenvalue weighted by atomic mass is 19.3. The molecule has 3 saturated carbocycles. The molecule has 8 nitrogen and oxygen atoms in total. The van der Waals surface area contributed by atoms with Crippen LogP contribution >= 0.6 is 0 Å². The Hall–Kier alpha value is -3.37. The van der Waals surface area contributed by atoms with E-state index in [1.807, 2.05) is 13.8 Å². The van der Waals surface area contributed by atoms with Gasteiger partial charge in [0.1, 0.15) is 17.6 Å². The van der Waals surface area contributed by atoms with Crippen molar-refractivity contribution in [2.45, 2.75) is 83.3 Å². The summed E-state index contributed by atoms with van der Waals surface area (Å²) in [4.78, 5) is 39.4. The Labute approximate surface area is 231 Å². The van der Waals surface area contributed by atoms with Crippen LogP contribution in [-0.4, -0.2) is 46.0 Å². The van der Waals surface area contributed by atoms with Crippen molar-refractivity contribution in [3.63, 3.8) is 0 Å². The standard InChI is InChI=1S/C29H36F3N5O3/c1-14(2)37-23(10-11-33-37)28(39)36-25(24(16-4-5-16)17-6-7-17)29(40)34-21-9-8-18(12-20(21)30)15(3)27(38)35-22-13-19(22)26(31)32/h8-12,14-17,19,22,24-26H,4-7,13H2,1-3H3,(H,34,40)(H,35,38)(H,36,39). The van der Waals surface area contributed by atoms with E-state index < -0.39 is 53.9 Å². The number of amides is 3. The third-order valence-electron chi connectivity index (χ3n) is 8.31. The molecular weight excluding hydrogens is 523 g/mol. The van der Waals surface area contributed by atoms with Crippen molar-refractivity contribution in [2.75, 3.05) is 5.32 Å². The highest BCUT2D eigenvalue weighted by Crippen LogP contribution is 2.51. The maximum absolute atomic E-state index is 15.2. The summed E-state index contributed by atoms with van der Waals surface area (Å²) in [7, 11) is 0. The van der Waals surface area contributed by atoms with E-state index in [1.54, 1.807) is 23.9 Å². The van der Waals surface area contributed by atoms with Crippen LogP contribution in [0, 0.1) is 29.5 Å². The zero-order valence-electron chi connectivity index (χ0n) is 22.9. The number of alkyl halides is 2. The highest BCUT2D eigenvalue weighted by molar-refractivity contribution is 6.01. The zero-order chi connectivity index (χ0) is 28.7. The molecule has 216 valence electrons. The summed E-state index contributed by atoms with van der Waals surface area (Å²) in [5.41, 5.74) is 0.660. The van der Waals surface area contributed by atoms with Crippen LogP contribution in [0.5, 0.6) is 0 Å². The quantitative estimate of drug-likeness (QED) is 0.352. The van der Waals surface area contributed by atoms with Gasteiger partial charge in [-0.2, -0.15) is 5.10 Å². The molecule has 1 aromatic heterocycles. The monoisotopic (exact) mass is 559 g/mol. The number of nitrogens with one attached hydrogen (secondary N) is 3. The molecule has 3 aliphatic rings. The van der Waals surface area contributed by atoms with Gasteiger partial charge in [-0.3, -0.25) is 19.1 Å². The molecule has 5 rings (SSSR count). The van der Waals surface area contributed by atoms with Gasteiger partial charge in [0, 0.05) is 24.2 Å². The smallest absolute Gasteiger partial charge is 0.270 e. The Morgan fingerprint density at radius 2 is 1.68 bits per heavy atom. The largest absolute Gasteiger partial charge is 0.352 e. The Kier molecular flexibility index (Phi) is 7.92. The minimum Gasteiger partial charge on any atom is -0.352 e. The van der Waals surface area contributed by atoms with Gasteiger partial charge in [0.25, 0.3) is 5.91 Å². The van der Waals surface area contributed by atoms with Gasteiger partial charge < -0.3 is 16.0 Å². The van der Waals surface area contributed by atoms with E-state index in [4.69, 9.17) is 0 Å². The number of nitrogens with zero attached hydrogens (tertiary/aromatic N) is 2. The molecule has 0 spiro atoms. The number of halogens is 3. The first-order chi connectivity index (χ1) is 19.0. The number of rotatable bonds is 12. The molecule has 4 atom stereocenters. The van der Waals surface area contributed by atoms with Crippen molar-refractivity contribution >= 4 is 23.4 Å². The second kappa shape index (κ2) is 11.2. The normalized spacial score (nSPS) is 21.8. The summed E-state index contributed by atoms with van der Waals surface area (Å²) in [6.07, 6.45) is 3.27. The first-order valence-corrected chi connectivity index (χ1v) is 14.1. The van der Waals surface area contributed by atoms with Gasteiger partial charge in [-0.1, -0.05) is 6.07 Å². The summed E-state index contributed by atoms with van der Waals surface area (Å²) in [5.74, 6) is -3.03. The van der Waals surface area contributed by atoms with Gasteiger partial charge in [-0.15, -0.1) is 0 Å². The Bertz CT molecular complexity index is 1260. The van der Waals surface area contributed by atoms with Crippen molar-refractivity contribution < 1.29 is 27.6 Å². The van der Waals surface area contributed by atoms with Crippen LogP contribution in [0.1, 0.15) is 80.9 Å². The molecule has 0 bridgehead atoms. The lowest BCUT2D eigenvalue weighted by Gasteiger charge is -2.28. The van der Waals surface area contributed by atoms with E-state index in [9.17, 15) is 23.2 Å². The molecule has 2 aromatic rings. The second-order valence-corrected chi connectivity index (χ2v) is 11.8. The predicted octanol–water partition coefficient (Wildman–Crippen LogP) is 4.65. The van der Waals surface area contributed by atoms with Crippen LogP contribution < -0.4 is 16.0 Å². The van der Waals surface area contributed by atoms with Crippen LogP contribution in [0.25, 0.3) is 0 Å². The van der Waals surface area contributed by atoms with E-state index in [1.165, 1.54) is 18.2 Å². The molecule has 1 heterocycles. The van der Waals surface area contributed by atoms with Crippen molar-refractivity contribution in [1.82, 2.24) is 20.4 Å². The third kappa shape index (κ3) is 6.18. The van der Waals surface area contributed by atoms with E-state index >= 15 is 4.39 Å². The number of hydrogen-bond acceptors (Lipinski definition) is 4. The molecule has 40 heavy (non-hydrogen) atoms. The fraction of sp³-hybridized carbons (Fsp3) is 0.586. The number of carbonyl (C=O) groups is 3. The number of aromatic nitrogens is 2. The van der Waals surface area contributed by atoms with Gasteiger partial charge in [-0.25, -0.2) is 13.2 Å². The van der Waals surface area contributed by atoms with Crippen molar-refractivity contribution in [3.8, 4) is 0 Å². The van der Waals surface area contributed by atoms with E-state index in [0.717, 1.165) is 25.7 Å². The third-order valence-corrected chi connectivity index (χ3v) is 8.31.